The number of hydrogen-bond acceptors (Lipinski definition) is 1. The van der Waals surface area contributed by atoms with E-state index in [2.05, 4.69) is 122 Å². The quantitative estimate of drug-likeness (QED) is 0.270. The van der Waals surface area contributed by atoms with E-state index in [-0.39, 0.29) is 0 Å². The highest BCUT2D eigenvalue weighted by Crippen LogP contribution is 2.41. The fourth-order valence-electron chi connectivity index (χ4n) is 4.70. The van der Waals surface area contributed by atoms with E-state index in [1.807, 2.05) is 0 Å². The van der Waals surface area contributed by atoms with Crippen molar-refractivity contribution in [2.45, 2.75) is 13.8 Å². The summed E-state index contributed by atoms with van der Waals surface area (Å²) < 4.78 is 0. The molecule has 0 atom stereocenters. The van der Waals surface area contributed by atoms with E-state index < -0.39 is 0 Å². The van der Waals surface area contributed by atoms with Gasteiger partial charge in [0.25, 0.3) is 0 Å². The van der Waals surface area contributed by atoms with Crippen LogP contribution in [0.25, 0.3) is 32.3 Å². The summed E-state index contributed by atoms with van der Waals surface area (Å²) in [5, 5.41) is 7.88. The van der Waals surface area contributed by atoms with Gasteiger partial charge in [0.05, 0.1) is 0 Å². The summed E-state index contributed by atoms with van der Waals surface area (Å²) in [4.78, 5) is 2.35. The summed E-state index contributed by atoms with van der Waals surface area (Å²) in [6, 6.07) is 37.8. The monoisotopic (exact) mass is 397 g/mol. The van der Waals surface area contributed by atoms with Crippen LogP contribution < -0.4 is 4.90 Å². The van der Waals surface area contributed by atoms with Gasteiger partial charge in [-0.05, 0) is 82.6 Å². The summed E-state index contributed by atoms with van der Waals surface area (Å²) in [6.07, 6.45) is 0. The maximum absolute atomic E-state index is 2.35. The number of anilines is 3. The molecule has 0 saturated carbocycles. The molecule has 1 heteroatoms. The number of hydrogen-bond donors (Lipinski definition) is 0. The minimum atomic E-state index is 1.17. The lowest BCUT2D eigenvalue weighted by molar-refractivity contribution is 1.27. The van der Waals surface area contributed by atoms with Crippen molar-refractivity contribution < 1.29 is 0 Å². The zero-order valence-corrected chi connectivity index (χ0v) is 17.8. The second-order valence-electron chi connectivity index (χ2n) is 8.48. The summed E-state index contributed by atoms with van der Waals surface area (Å²) in [5.74, 6) is 0. The van der Waals surface area contributed by atoms with Gasteiger partial charge < -0.3 is 4.90 Å². The molecule has 0 aliphatic carbocycles. The summed E-state index contributed by atoms with van der Waals surface area (Å²) in [6.45, 7) is 4.27. The highest BCUT2D eigenvalue weighted by atomic mass is 15.1. The molecule has 0 unspecified atom stereocenters. The van der Waals surface area contributed by atoms with Gasteiger partial charge in [0, 0.05) is 17.1 Å². The van der Waals surface area contributed by atoms with Gasteiger partial charge in [-0.1, -0.05) is 77.9 Å². The Balaban J connectivity index is 1.63. The second kappa shape index (κ2) is 6.85. The van der Waals surface area contributed by atoms with E-state index in [1.165, 1.54) is 60.5 Å². The van der Waals surface area contributed by atoms with Gasteiger partial charge in [0.1, 0.15) is 0 Å². The van der Waals surface area contributed by atoms with Gasteiger partial charge in [-0.3, -0.25) is 0 Å². The van der Waals surface area contributed by atoms with Crippen LogP contribution in [0.15, 0.2) is 103 Å². The minimum absolute atomic E-state index is 1.17. The molecule has 0 spiro atoms. The van der Waals surface area contributed by atoms with Crippen molar-refractivity contribution >= 4 is 49.4 Å². The maximum atomic E-state index is 2.35. The molecule has 6 rings (SSSR count). The molecule has 0 heterocycles. The van der Waals surface area contributed by atoms with E-state index in [1.54, 1.807) is 0 Å². The predicted octanol–water partition coefficient (Wildman–Crippen LogP) is 8.67. The van der Waals surface area contributed by atoms with Crippen LogP contribution >= 0.6 is 0 Å². The Hall–Kier alpha value is -3.84. The van der Waals surface area contributed by atoms with Crippen molar-refractivity contribution in [1.29, 1.82) is 0 Å². The molecule has 31 heavy (non-hydrogen) atoms. The summed E-state index contributed by atoms with van der Waals surface area (Å²) in [5.41, 5.74) is 6.05. The molecule has 0 amide bonds. The Morgan fingerprint density at radius 1 is 0.419 bits per heavy atom. The molecule has 6 aromatic rings. The van der Waals surface area contributed by atoms with Crippen LogP contribution in [-0.4, -0.2) is 0 Å². The van der Waals surface area contributed by atoms with Crippen LogP contribution in [0.5, 0.6) is 0 Å². The first-order chi connectivity index (χ1) is 15.2. The third-order valence-electron chi connectivity index (χ3n) is 6.29. The van der Waals surface area contributed by atoms with Crippen molar-refractivity contribution in [2.24, 2.45) is 0 Å². The van der Waals surface area contributed by atoms with Crippen LogP contribution in [-0.2, 0) is 0 Å². The number of aryl methyl sites for hydroxylation is 2. The lowest BCUT2D eigenvalue weighted by Crippen LogP contribution is -2.10. The molecular formula is C30H23N. The molecule has 6 aromatic carbocycles. The van der Waals surface area contributed by atoms with E-state index in [0.29, 0.717) is 0 Å². The Bertz CT molecular complexity index is 1420. The summed E-state index contributed by atoms with van der Waals surface area (Å²) in [7, 11) is 0. The Labute approximate surface area is 182 Å². The Morgan fingerprint density at radius 3 is 1.32 bits per heavy atom. The fraction of sp³-hybridized carbons (Fsp3) is 0.0667. The average Bonchev–Trinajstić information content (AvgIpc) is 2.80. The third-order valence-corrected chi connectivity index (χ3v) is 6.29. The number of nitrogens with zero attached hydrogens (tertiary/aromatic N) is 1. The molecule has 148 valence electrons. The second-order valence-corrected chi connectivity index (χ2v) is 8.48. The van der Waals surface area contributed by atoms with Gasteiger partial charge in [-0.15, -0.1) is 0 Å². The Kier molecular flexibility index (Phi) is 3.97. The molecule has 0 N–H and O–H groups in total. The molecule has 0 bridgehead atoms. The zero-order valence-electron chi connectivity index (χ0n) is 17.8. The number of rotatable bonds is 3. The van der Waals surface area contributed by atoms with E-state index >= 15 is 0 Å². The number of benzene rings is 6. The van der Waals surface area contributed by atoms with Crippen molar-refractivity contribution in [3.05, 3.63) is 114 Å². The van der Waals surface area contributed by atoms with Gasteiger partial charge in [-0.2, -0.15) is 0 Å². The van der Waals surface area contributed by atoms with Crippen molar-refractivity contribution in [3.8, 4) is 0 Å². The van der Waals surface area contributed by atoms with Crippen LogP contribution in [0, 0.1) is 13.8 Å². The smallest absolute Gasteiger partial charge is 0.0473 e. The first-order valence-electron chi connectivity index (χ1n) is 10.8. The lowest BCUT2D eigenvalue weighted by Gasteiger charge is -2.27. The van der Waals surface area contributed by atoms with Crippen molar-refractivity contribution in [2.75, 3.05) is 4.90 Å². The Morgan fingerprint density at radius 2 is 0.839 bits per heavy atom. The van der Waals surface area contributed by atoms with Crippen molar-refractivity contribution in [1.82, 2.24) is 0 Å². The van der Waals surface area contributed by atoms with Gasteiger partial charge in [0.15, 0.2) is 0 Å². The fourth-order valence-corrected chi connectivity index (χ4v) is 4.70. The standard InChI is InChI=1S/C30H23N/c1-20-6-14-26(15-7-20)31(27-16-8-21(2)9-17-27)28-18-24-12-10-22-4-3-5-23-11-13-25(19-28)30(24)29(22)23/h3-19H,1-2H3. The SMILES string of the molecule is Cc1ccc(N(c2ccc(C)cc2)c2cc3ccc4cccc5ccc(c2)c3c45)cc1. The normalized spacial score (nSPS) is 11.5. The largest absolute Gasteiger partial charge is 0.310 e. The first-order valence-corrected chi connectivity index (χ1v) is 10.8. The molecule has 0 aliphatic rings. The minimum Gasteiger partial charge on any atom is -0.310 e. The van der Waals surface area contributed by atoms with Crippen LogP contribution in [0.2, 0.25) is 0 Å². The third kappa shape index (κ3) is 2.93. The molecule has 0 radical (unpaired) electrons. The summed E-state index contributed by atoms with van der Waals surface area (Å²) >= 11 is 0. The molecule has 1 nitrogen and oxygen atoms in total. The van der Waals surface area contributed by atoms with Gasteiger partial charge >= 0.3 is 0 Å². The van der Waals surface area contributed by atoms with Crippen molar-refractivity contribution in [3.63, 3.8) is 0 Å². The maximum Gasteiger partial charge on any atom is 0.0473 e. The molecular weight excluding hydrogens is 374 g/mol. The highest BCUT2D eigenvalue weighted by molar-refractivity contribution is 6.23. The molecule has 0 fully saturated rings. The molecule has 0 aromatic heterocycles. The average molecular weight is 398 g/mol. The van der Waals surface area contributed by atoms with Gasteiger partial charge in [-0.25, -0.2) is 0 Å². The molecule has 0 aliphatic heterocycles. The lowest BCUT2D eigenvalue weighted by atomic mass is 9.93. The van der Waals surface area contributed by atoms with E-state index in [0.717, 1.165) is 0 Å². The van der Waals surface area contributed by atoms with Crippen LogP contribution in [0.1, 0.15) is 11.1 Å². The zero-order chi connectivity index (χ0) is 20.9. The first kappa shape index (κ1) is 18.0. The van der Waals surface area contributed by atoms with Gasteiger partial charge in [0.2, 0.25) is 0 Å². The van der Waals surface area contributed by atoms with Crippen LogP contribution in [0.3, 0.4) is 0 Å². The van der Waals surface area contributed by atoms with E-state index in [9.17, 15) is 0 Å². The predicted molar refractivity (Wildman–Crippen MR) is 134 cm³/mol. The van der Waals surface area contributed by atoms with Crippen LogP contribution in [0.4, 0.5) is 17.1 Å². The van der Waals surface area contributed by atoms with E-state index in [4.69, 9.17) is 0 Å². The molecule has 0 saturated heterocycles. The highest BCUT2D eigenvalue weighted by Gasteiger charge is 2.16. The topological polar surface area (TPSA) is 3.24 Å².